The van der Waals surface area contributed by atoms with Crippen LogP contribution in [0.15, 0.2) is 12.1 Å². The summed E-state index contributed by atoms with van der Waals surface area (Å²) in [5.41, 5.74) is 9.44. The molecule has 0 aliphatic rings. The first-order valence-corrected chi connectivity index (χ1v) is 6.38. The van der Waals surface area contributed by atoms with Gasteiger partial charge in [-0.25, -0.2) is 0 Å². The molecule has 1 unspecified atom stereocenters. The lowest BCUT2D eigenvalue weighted by Gasteiger charge is -2.18. The molecule has 0 saturated carbocycles. The minimum atomic E-state index is 0.364. The summed E-state index contributed by atoms with van der Waals surface area (Å²) in [6.45, 7) is 9.07. The molecule has 0 aromatic heterocycles. The smallest absolute Gasteiger partial charge is 0.119 e. The van der Waals surface area contributed by atoms with Crippen LogP contribution in [0.4, 0.5) is 0 Å². The van der Waals surface area contributed by atoms with Crippen LogP contribution in [-0.4, -0.2) is 11.6 Å². The number of nitrogens with two attached hydrogens (primary N) is 1. The summed E-state index contributed by atoms with van der Waals surface area (Å²) < 4.78 is 5.53. The lowest BCUT2D eigenvalue weighted by molar-refractivity contribution is 0.339. The monoisotopic (exact) mass is 251 g/mol. The van der Waals surface area contributed by atoms with Crippen molar-refractivity contribution in [2.24, 2.45) is 5.73 Å². The average molecular weight is 251 g/mol. The van der Waals surface area contributed by atoms with Crippen molar-refractivity contribution >= 4 is 17.2 Å². The van der Waals surface area contributed by atoms with E-state index in [1.165, 1.54) is 16.7 Å². The number of rotatable bonds is 5. The van der Waals surface area contributed by atoms with Gasteiger partial charge in [0.05, 0.1) is 11.6 Å². The summed E-state index contributed by atoms with van der Waals surface area (Å²) in [5, 5.41) is 0. The Morgan fingerprint density at radius 1 is 1.35 bits per heavy atom. The molecule has 0 heterocycles. The predicted molar refractivity (Wildman–Crippen MR) is 76.9 cm³/mol. The molecule has 0 radical (unpaired) electrons. The highest BCUT2D eigenvalue weighted by Gasteiger charge is 2.13. The largest absolute Gasteiger partial charge is 0.494 e. The van der Waals surface area contributed by atoms with Gasteiger partial charge in [-0.05, 0) is 55.5 Å². The molecule has 1 aromatic carbocycles. The Morgan fingerprint density at radius 2 is 1.88 bits per heavy atom. The van der Waals surface area contributed by atoms with Gasteiger partial charge in [0.15, 0.2) is 0 Å². The summed E-state index contributed by atoms with van der Waals surface area (Å²) in [4.78, 5) is 0.574. The maximum absolute atomic E-state index is 5.62. The standard InChI is InChI=1S/C14H21NOS/c1-5-16-12-6-9(2)14(10(3)7-12)11(4)8-13(15)17/h6-7,11H,5,8H2,1-4H3,(H2,15,17). The third-order valence-electron chi connectivity index (χ3n) is 2.88. The van der Waals surface area contributed by atoms with Crippen molar-refractivity contribution in [1.82, 2.24) is 0 Å². The third-order valence-corrected chi connectivity index (χ3v) is 3.05. The molecule has 0 spiro atoms. The second-order valence-electron chi connectivity index (χ2n) is 4.48. The predicted octanol–water partition coefficient (Wildman–Crippen LogP) is 3.48. The Kier molecular flexibility index (Phi) is 4.94. The van der Waals surface area contributed by atoms with Crippen LogP contribution in [0.2, 0.25) is 0 Å². The number of thiocarbonyl (C=S) groups is 1. The molecule has 1 aromatic rings. The zero-order valence-corrected chi connectivity index (χ0v) is 11.9. The fourth-order valence-electron chi connectivity index (χ4n) is 2.37. The second-order valence-corrected chi connectivity index (χ2v) is 5.00. The van der Waals surface area contributed by atoms with Crippen LogP contribution in [-0.2, 0) is 0 Å². The average Bonchev–Trinajstić information content (AvgIpc) is 2.15. The summed E-state index contributed by atoms with van der Waals surface area (Å²) in [6, 6.07) is 4.17. The fraction of sp³-hybridized carbons (Fsp3) is 0.500. The first kappa shape index (κ1) is 14.0. The quantitative estimate of drug-likeness (QED) is 0.814. The molecule has 0 amide bonds. The molecule has 1 rings (SSSR count). The van der Waals surface area contributed by atoms with Gasteiger partial charge in [0.1, 0.15) is 5.75 Å². The van der Waals surface area contributed by atoms with Gasteiger partial charge >= 0.3 is 0 Å². The van der Waals surface area contributed by atoms with E-state index in [0.29, 0.717) is 17.5 Å². The first-order valence-electron chi connectivity index (χ1n) is 5.98. The van der Waals surface area contributed by atoms with E-state index in [9.17, 15) is 0 Å². The Hall–Kier alpha value is -1.09. The highest BCUT2D eigenvalue weighted by atomic mass is 32.1. The third kappa shape index (κ3) is 3.70. The highest BCUT2D eigenvalue weighted by molar-refractivity contribution is 7.80. The summed E-state index contributed by atoms with van der Waals surface area (Å²) in [5.74, 6) is 1.30. The van der Waals surface area contributed by atoms with Crippen LogP contribution in [0.3, 0.4) is 0 Å². The molecular weight excluding hydrogens is 230 g/mol. The molecular formula is C14H21NOS. The minimum Gasteiger partial charge on any atom is -0.494 e. The van der Waals surface area contributed by atoms with Crippen molar-refractivity contribution in [3.8, 4) is 5.75 Å². The topological polar surface area (TPSA) is 35.2 Å². The Bertz CT molecular complexity index is 392. The molecule has 0 aliphatic carbocycles. The van der Waals surface area contributed by atoms with Crippen molar-refractivity contribution < 1.29 is 4.74 Å². The van der Waals surface area contributed by atoms with Crippen LogP contribution in [0, 0.1) is 13.8 Å². The molecule has 2 nitrogen and oxygen atoms in total. The molecule has 0 aliphatic heterocycles. The lowest BCUT2D eigenvalue weighted by atomic mass is 9.89. The Balaban J connectivity index is 3.04. The molecule has 1 atom stereocenters. The molecule has 0 fully saturated rings. The Morgan fingerprint density at radius 3 is 2.29 bits per heavy atom. The van der Waals surface area contributed by atoms with E-state index >= 15 is 0 Å². The van der Waals surface area contributed by atoms with E-state index < -0.39 is 0 Å². The van der Waals surface area contributed by atoms with E-state index in [4.69, 9.17) is 22.7 Å². The Labute approximate surface area is 109 Å². The van der Waals surface area contributed by atoms with Gasteiger partial charge < -0.3 is 10.5 Å². The van der Waals surface area contributed by atoms with Crippen LogP contribution in [0.5, 0.6) is 5.75 Å². The van der Waals surface area contributed by atoms with Crippen LogP contribution < -0.4 is 10.5 Å². The summed E-state index contributed by atoms with van der Waals surface area (Å²) >= 11 is 4.98. The fourth-order valence-corrected chi connectivity index (χ4v) is 2.62. The number of aryl methyl sites for hydroxylation is 2. The SMILES string of the molecule is CCOc1cc(C)c(C(C)CC(N)=S)c(C)c1. The van der Waals surface area contributed by atoms with Gasteiger partial charge in [0, 0.05) is 6.42 Å². The van der Waals surface area contributed by atoms with E-state index in [1.807, 2.05) is 6.92 Å². The normalized spacial score (nSPS) is 12.2. The van der Waals surface area contributed by atoms with Gasteiger partial charge in [0.25, 0.3) is 0 Å². The van der Waals surface area contributed by atoms with Crippen LogP contribution >= 0.6 is 12.2 Å². The molecule has 0 bridgehead atoms. The van der Waals surface area contributed by atoms with E-state index in [1.54, 1.807) is 0 Å². The number of benzene rings is 1. The highest BCUT2D eigenvalue weighted by Crippen LogP contribution is 2.29. The lowest BCUT2D eigenvalue weighted by Crippen LogP contribution is -2.13. The van der Waals surface area contributed by atoms with E-state index in [2.05, 4.69) is 32.9 Å². The van der Waals surface area contributed by atoms with E-state index in [-0.39, 0.29) is 0 Å². The molecule has 17 heavy (non-hydrogen) atoms. The number of ether oxygens (including phenoxy) is 1. The molecule has 3 heteroatoms. The number of hydrogen-bond donors (Lipinski definition) is 1. The maximum atomic E-state index is 5.62. The van der Waals surface area contributed by atoms with E-state index in [0.717, 1.165) is 12.2 Å². The van der Waals surface area contributed by atoms with Crippen molar-refractivity contribution in [2.75, 3.05) is 6.61 Å². The summed E-state index contributed by atoms with van der Waals surface area (Å²) in [7, 11) is 0. The second kappa shape index (κ2) is 6.01. The van der Waals surface area contributed by atoms with Gasteiger partial charge in [-0.3, -0.25) is 0 Å². The number of hydrogen-bond acceptors (Lipinski definition) is 2. The minimum absolute atomic E-state index is 0.364. The van der Waals surface area contributed by atoms with Crippen molar-refractivity contribution in [1.29, 1.82) is 0 Å². The zero-order chi connectivity index (χ0) is 13.0. The van der Waals surface area contributed by atoms with Crippen molar-refractivity contribution in [3.05, 3.63) is 28.8 Å². The van der Waals surface area contributed by atoms with Crippen LogP contribution in [0.25, 0.3) is 0 Å². The zero-order valence-electron chi connectivity index (χ0n) is 11.0. The molecule has 94 valence electrons. The van der Waals surface area contributed by atoms with Gasteiger partial charge in [-0.2, -0.15) is 0 Å². The van der Waals surface area contributed by atoms with Gasteiger partial charge in [-0.1, -0.05) is 19.1 Å². The maximum Gasteiger partial charge on any atom is 0.119 e. The molecule has 0 saturated heterocycles. The van der Waals surface area contributed by atoms with Crippen LogP contribution in [0.1, 0.15) is 42.9 Å². The summed E-state index contributed by atoms with van der Waals surface area (Å²) in [6.07, 6.45) is 0.755. The van der Waals surface area contributed by atoms with Crippen molar-refractivity contribution in [3.63, 3.8) is 0 Å². The van der Waals surface area contributed by atoms with Gasteiger partial charge in [0.2, 0.25) is 0 Å². The van der Waals surface area contributed by atoms with Crippen molar-refractivity contribution in [2.45, 2.75) is 40.0 Å². The molecule has 2 N–H and O–H groups in total. The van der Waals surface area contributed by atoms with Gasteiger partial charge in [-0.15, -0.1) is 0 Å². The first-order chi connectivity index (χ1) is 7.95.